The van der Waals surface area contributed by atoms with Crippen molar-refractivity contribution in [1.82, 2.24) is 20.9 Å². The van der Waals surface area contributed by atoms with Crippen molar-refractivity contribution in [1.29, 1.82) is 0 Å². The Balaban J connectivity index is 2.44. The van der Waals surface area contributed by atoms with Gasteiger partial charge in [-0.15, -0.1) is 0 Å². The lowest BCUT2D eigenvalue weighted by Crippen LogP contribution is -2.52. The molecule has 0 aromatic heterocycles. The molecule has 0 bridgehead atoms. The van der Waals surface area contributed by atoms with Crippen molar-refractivity contribution in [2.24, 2.45) is 5.92 Å². The van der Waals surface area contributed by atoms with Crippen LogP contribution >= 0.6 is 0 Å². The van der Waals surface area contributed by atoms with E-state index in [2.05, 4.69) is 34.7 Å². The molecule has 1 rings (SSSR count). The minimum absolute atomic E-state index is 0.234. The number of carbonyl (C=O) groups is 2. The molecule has 1 aliphatic heterocycles. The Morgan fingerprint density at radius 3 is 2.60 bits per heavy atom. The van der Waals surface area contributed by atoms with Crippen LogP contribution in [0.5, 0.6) is 0 Å². The van der Waals surface area contributed by atoms with Crippen LogP contribution in [0.15, 0.2) is 0 Å². The second-order valence-electron chi connectivity index (χ2n) is 5.81. The molecule has 3 amide bonds. The molecule has 0 radical (unpaired) electrons. The predicted molar refractivity (Wildman–Crippen MR) is 79.5 cm³/mol. The lowest BCUT2D eigenvalue weighted by atomic mass is 9.96. The molecule has 0 aliphatic carbocycles. The smallest absolute Gasteiger partial charge is 0.321 e. The first-order valence-corrected chi connectivity index (χ1v) is 7.44. The topological polar surface area (TPSA) is 73.5 Å². The van der Waals surface area contributed by atoms with E-state index in [4.69, 9.17) is 0 Å². The number of urea groups is 1. The lowest BCUT2D eigenvalue weighted by Gasteiger charge is -2.36. The summed E-state index contributed by atoms with van der Waals surface area (Å²) in [6.07, 6.45) is 2.29. The van der Waals surface area contributed by atoms with Gasteiger partial charge in [-0.25, -0.2) is 4.79 Å². The second-order valence-corrected chi connectivity index (χ2v) is 5.81. The van der Waals surface area contributed by atoms with E-state index in [9.17, 15) is 9.59 Å². The number of imide groups is 1. The van der Waals surface area contributed by atoms with Crippen LogP contribution in [0.3, 0.4) is 0 Å². The summed E-state index contributed by atoms with van der Waals surface area (Å²) in [7, 11) is 1.50. The fraction of sp³-hybridized carbons (Fsp3) is 0.857. The maximum absolute atomic E-state index is 12.0. The molecule has 1 saturated heterocycles. The van der Waals surface area contributed by atoms with Crippen LogP contribution in [-0.2, 0) is 4.79 Å². The van der Waals surface area contributed by atoms with E-state index in [0.29, 0.717) is 12.0 Å². The Hall–Kier alpha value is -1.14. The van der Waals surface area contributed by atoms with Gasteiger partial charge in [-0.05, 0) is 38.8 Å². The van der Waals surface area contributed by atoms with Gasteiger partial charge in [0.1, 0.15) is 0 Å². The molecule has 3 N–H and O–H groups in total. The molecule has 2 atom stereocenters. The van der Waals surface area contributed by atoms with Crippen molar-refractivity contribution in [3.63, 3.8) is 0 Å². The van der Waals surface area contributed by atoms with Crippen molar-refractivity contribution in [3.05, 3.63) is 0 Å². The summed E-state index contributed by atoms with van der Waals surface area (Å²) in [6, 6.07) is -0.231. The van der Waals surface area contributed by atoms with Gasteiger partial charge in [-0.2, -0.15) is 0 Å². The fourth-order valence-corrected chi connectivity index (χ4v) is 2.46. The Labute approximate surface area is 121 Å². The molecule has 0 saturated carbocycles. The summed E-state index contributed by atoms with van der Waals surface area (Å²) in [5.74, 6) is 0.336. The number of amides is 3. The minimum Gasteiger partial charge on any atom is -0.341 e. The van der Waals surface area contributed by atoms with E-state index in [0.717, 1.165) is 26.1 Å². The molecule has 0 aromatic carbocycles. The van der Waals surface area contributed by atoms with E-state index in [1.54, 1.807) is 0 Å². The molecule has 1 heterocycles. The van der Waals surface area contributed by atoms with Crippen molar-refractivity contribution in [2.45, 2.75) is 45.7 Å². The zero-order valence-corrected chi connectivity index (χ0v) is 13.0. The molecule has 1 aliphatic rings. The van der Waals surface area contributed by atoms with E-state index < -0.39 is 6.03 Å². The summed E-state index contributed by atoms with van der Waals surface area (Å²) in [4.78, 5) is 25.3. The van der Waals surface area contributed by atoms with E-state index >= 15 is 0 Å². The van der Waals surface area contributed by atoms with Gasteiger partial charge in [0.2, 0.25) is 5.91 Å². The number of nitrogens with one attached hydrogen (secondary N) is 3. The van der Waals surface area contributed by atoms with Gasteiger partial charge >= 0.3 is 6.03 Å². The number of hydrogen-bond acceptors (Lipinski definition) is 4. The number of piperidine rings is 1. The summed E-state index contributed by atoms with van der Waals surface area (Å²) >= 11 is 0. The van der Waals surface area contributed by atoms with Crippen LogP contribution in [0.1, 0.15) is 33.6 Å². The summed E-state index contributed by atoms with van der Waals surface area (Å²) in [5.41, 5.74) is 0. The molecular formula is C14H28N4O2. The minimum atomic E-state index is -0.447. The zero-order valence-electron chi connectivity index (χ0n) is 13.0. The van der Waals surface area contributed by atoms with E-state index in [1.165, 1.54) is 13.5 Å². The molecule has 0 spiro atoms. The average Bonchev–Trinajstić information content (AvgIpc) is 2.44. The standard InChI is InChI=1S/C14H28N4O2/c1-10(2)16-8-12-6-5-7-18(9-12)11(3)13(19)17-14(20)15-4/h10-12,16H,5-9H2,1-4H3,(H2,15,17,19,20). The first-order valence-electron chi connectivity index (χ1n) is 7.44. The third kappa shape index (κ3) is 5.46. The number of nitrogens with zero attached hydrogens (tertiary/aromatic N) is 1. The fourth-order valence-electron chi connectivity index (χ4n) is 2.46. The quantitative estimate of drug-likeness (QED) is 0.689. The molecular weight excluding hydrogens is 256 g/mol. The lowest BCUT2D eigenvalue weighted by molar-refractivity contribution is -0.125. The highest BCUT2D eigenvalue weighted by atomic mass is 16.2. The highest BCUT2D eigenvalue weighted by Crippen LogP contribution is 2.18. The van der Waals surface area contributed by atoms with Gasteiger partial charge in [-0.3, -0.25) is 15.0 Å². The van der Waals surface area contributed by atoms with Crippen molar-refractivity contribution < 1.29 is 9.59 Å². The molecule has 20 heavy (non-hydrogen) atoms. The predicted octanol–water partition coefficient (Wildman–Crippen LogP) is 0.541. The zero-order chi connectivity index (χ0) is 15.1. The van der Waals surface area contributed by atoms with Gasteiger partial charge in [-0.1, -0.05) is 13.8 Å². The highest BCUT2D eigenvalue weighted by Gasteiger charge is 2.27. The van der Waals surface area contributed by atoms with Crippen LogP contribution in [0.25, 0.3) is 0 Å². The van der Waals surface area contributed by atoms with Crippen LogP contribution < -0.4 is 16.0 Å². The Morgan fingerprint density at radius 2 is 2.00 bits per heavy atom. The maximum atomic E-state index is 12.0. The number of rotatable bonds is 5. The third-order valence-corrected chi connectivity index (χ3v) is 3.76. The van der Waals surface area contributed by atoms with Crippen molar-refractivity contribution in [2.75, 3.05) is 26.7 Å². The number of hydrogen-bond donors (Lipinski definition) is 3. The third-order valence-electron chi connectivity index (χ3n) is 3.76. The van der Waals surface area contributed by atoms with E-state index in [-0.39, 0.29) is 11.9 Å². The molecule has 6 nitrogen and oxygen atoms in total. The Kier molecular flexibility index (Phi) is 6.95. The normalized spacial score (nSPS) is 21.6. The average molecular weight is 284 g/mol. The SMILES string of the molecule is CNC(=O)NC(=O)C(C)N1CCCC(CNC(C)C)C1. The second kappa shape index (κ2) is 8.21. The number of carbonyl (C=O) groups excluding carboxylic acids is 2. The van der Waals surface area contributed by atoms with Crippen molar-refractivity contribution in [3.8, 4) is 0 Å². The molecule has 0 aromatic rings. The Morgan fingerprint density at radius 1 is 1.30 bits per heavy atom. The summed E-state index contributed by atoms with van der Waals surface area (Å²) in [5, 5.41) is 8.20. The van der Waals surface area contributed by atoms with Crippen LogP contribution in [0.4, 0.5) is 4.79 Å². The molecule has 6 heteroatoms. The highest BCUT2D eigenvalue weighted by molar-refractivity contribution is 5.96. The maximum Gasteiger partial charge on any atom is 0.321 e. The Bertz CT molecular complexity index is 333. The summed E-state index contributed by atoms with van der Waals surface area (Å²) < 4.78 is 0. The van der Waals surface area contributed by atoms with Gasteiger partial charge in [0.25, 0.3) is 0 Å². The van der Waals surface area contributed by atoms with E-state index in [1.807, 2.05) is 6.92 Å². The largest absolute Gasteiger partial charge is 0.341 e. The molecule has 1 fully saturated rings. The number of likely N-dealkylation sites (tertiary alicyclic amines) is 1. The van der Waals surface area contributed by atoms with Gasteiger partial charge in [0.05, 0.1) is 6.04 Å². The van der Waals surface area contributed by atoms with Gasteiger partial charge in [0, 0.05) is 19.6 Å². The van der Waals surface area contributed by atoms with Crippen LogP contribution in [0.2, 0.25) is 0 Å². The van der Waals surface area contributed by atoms with Crippen LogP contribution in [0, 0.1) is 5.92 Å². The van der Waals surface area contributed by atoms with Crippen molar-refractivity contribution >= 4 is 11.9 Å². The monoisotopic (exact) mass is 284 g/mol. The first-order chi connectivity index (χ1) is 9.43. The van der Waals surface area contributed by atoms with Gasteiger partial charge < -0.3 is 10.6 Å². The summed E-state index contributed by atoms with van der Waals surface area (Å²) in [6.45, 7) is 8.94. The van der Waals surface area contributed by atoms with Gasteiger partial charge in [0.15, 0.2) is 0 Å². The van der Waals surface area contributed by atoms with Crippen LogP contribution in [-0.4, -0.2) is 55.6 Å². The molecule has 2 unspecified atom stereocenters. The first kappa shape index (κ1) is 16.9. The molecule has 116 valence electrons.